The average Bonchev–Trinajstić information content (AvgIpc) is 3.22. The van der Waals surface area contributed by atoms with Crippen LogP contribution < -0.4 is 10.1 Å². The minimum atomic E-state index is -0.206. The number of benzene rings is 1. The molecular formula is C19H25N3O3. The Morgan fingerprint density at radius 1 is 1.36 bits per heavy atom. The number of ether oxygens (including phenoxy) is 1. The fraction of sp³-hybridized carbons (Fsp3) is 0.474. The first-order valence-electron chi connectivity index (χ1n) is 8.71. The van der Waals surface area contributed by atoms with E-state index in [0.717, 1.165) is 31.8 Å². The average molecular weight is 343 g/mol. The van der Waals surface area contributed by atoms with Gasteiger partial charge in [-0.25, -0.2) is 0 Å². The van der Waals surface area contributed by atoms with Crippen molar-refractivity contribution in [3.8, 4) is 5.75 Å². The second-order valence-electron chi connectivity index (χ2n) is 6.55. The lowest BCUT2D eigenvalue weighted by Crippen LogP contribution is -2.39. The highest BCUT2D eigenvalue weighted by molar-refractivity contribution is 5.91. The zero-order valence-corrected chi connectivity index (χ0v) is 15.0. The molecule has 134 valence electrons. The van der Waals surface area contributed by atoms with Gasteiger partial charge in [-0.2, -0.15) is 0 Å². The third-order valence-electron chi connectivity index (χ3n) is 4.65. The van der Waals surface area contributed by atoms with Crippen LogP contribution in [0.5, 0.6) is 5.75 Å². The number of nitrogens with zero attached hydrogens (tertiary/aromatic N) is 2. The van der Waals surface area contributed by atoms with Crippen molar-refractivity contribution in [3.05, 3.63) is 47.3 Å². The molecule has 1 aliphatic rings. The number of aryl methyl sites for hydroxylation is 1. The third-order valence-corrected chi connectivity index (χ3v) is 4.65. The molecule has 0 aliphatic carbocycles. The maximum absolute atomic E-state index is 12.5. The van der Waals surface area contributed by atoms with Gasteiger partial charge in [-0.05, 0) is 37.6 Å². The van der Waals surface area contributed by atoms with E-state index in [1.54, 1.807) is 20.1 Å². The van der Waals surface area contributed by atoms with E-state index in [9.17, 15) is 4.79 Å². The van der Waals surface area contributed by atoms with Crippen molar-refractivity contribution >= 4 is 5.91 Å². The lowest BCUT2D eigenvalue weighted by Gasteiger charge is -2.20. The van der Waals surface area contributed by atoms with Gasteiger partial charge in [0.2, 0.25) is 5.76 Å². The number of methoxy groups -OCH3 is 1. The quantitative estimate of drug-likeness (QED) is 0.873. The summed E-state index contributed by atoms with van der Waals surface area (Å²) in [4.78, 5) is 14.9. The standard InChI is InChI=1S/C19H25N3O3/c1-4-9-22-11-16(14-5-7-15(24-3)8-6-14)17(12-22)20-19(23)18-10-13(2)21-25-18/h5-8,10,16-17H,4,9,11-12H2,1-3H3,(H,20,23)/t16-,17+/m1/s1. The molecule has 2 heterocycles. The molecule has 1 amide bonds. The van der Waals surface area contributed by atoms with Gasteiger partial charge in [0, 0.05) is 25.1 Å². The van der Waals surface area contributed by atoms with Crippen LogP contribution in [0, 0.1) is 6.92 Å². The highest BCUT2D eigenvalue weighted by Gasteiger charge is 2.35. The van der Waals surface area contributed by atoms with Crippen LogP contribution in [0.2, 0.25) is 0 Å². The SMILES string of the molecule is CCCN1C[C@H](NC(=O)c2cc(C)no2)[C@@H](c2ccc(OC)cc2)C1. The van der Waals surface area contributed by atoms with E-state index in [0.29, 0.717) is 5.69 Å². The van der Waals surface area contributed by atoms with E-state index in [-0.39, 0.29) is 23.6 Å². The Labute approximate surface area is 148 Å². The van der Waals surface area contributed by atoms with Gasteiger partial charge in [-0.15, -0.1) is 0 Å². The summed E-state index contributed by atoms with van der Waals surface area (Å²) in [7, 11) is 1.66. The molecule has 2 atom stereocenters. The Bertz CT molecular complexity index is 711. The highest BCUT2D eigenvalue weighted by atomic mass is 16.5. The number of hydrogen-bond acceptors (Lipinski definition) is 5. The van der Waals surface area contributed by atoms with Crippen molar-refractivity contribution < 1.29 is 14.1 Å². The van der Waals surface area contributed by atoms with Crippen LogP contribution >= 0.6 is 0 Å². The molecule has 25 heavy (non-hydrogen) atoms. The Morgan fingerprint density at radius 2 is 2.12 bits per heavy atom. The van der Waals surface area contributed by atoms with Gasteiger partial charge >= 0.3 is 0 Å². The predicted molar refractivity (Wildman–Crippen MR) is 95.0 cm³/mol. The van der Waals surface area contributed by atoms with Crippen molar-refractivity contribution in [2.45, 2.75) is 32.2 Å². The summed E-state index contributed by atoms with van der Waals surface area (Å²) in [5.74, 6) is 1.14. The second-order valence-corrected chi connectivity index (χ2v) is 6.55. The molecule has 1 fully saturated rings. The lowest BCUT2D eigenvalue weighted by atomic mass is 9.94. The maximum atomic E-state index is 12.5. The summed E-state index contributed by atoms with van der Waals surface area (Å²) in [6, 6.07) is 9.80. The number of amides is 1. The molecule has 1 aromatic heterocycles. The largest absolute Gasteiger partial charge is 0.497 e. The van der Waals surface area contributed by atoms with Crippen LogP contribution in [0.3, 0.4) is 0 Å². The molecule has 1 aromatic carbocycles. The molecule has 3 rings (SSSR count). The van der Waals surface area contributed by atoms with Gasteiger partial charge in [0.15, 0.2) is 0 Å². The summed E-state index contributed by atoms with van der Waals surface area (Å²) in [6.07, 6.45) is 1.09. The van der Waals surface area contributed by atoms with E-state index in [1.807, 2.05) is 12.1 Å². The van der Waals surface area contributed by atoms with E-state index >= 15 is 0 Å². The van der Waals surface area contributed by atoms with Crippen LogP contribution in [0.15, 0.2) is 34.9 Å². The van der Waals surface area contributed by atoms with Gasteiger partial charge in [0.05, 0.1) is 18.8 Å². The van der Waals surface area contributed by atoms with E-state index in [2.05, 4.69) is 34.4 Å². The minimum Gasteiger partial charge on any atom is -0.497 e. The van der Waals surface area contributed by atoms with E-state index in [4.69, 9.17) is 9.26 Å². The number of carbonyl (C=O) groups is 1. The number of likely N-dealkylation sites (tertiary alicyclic amines) is 1. The first-order chi connectivity index (χ1) is 12.1. The number of carbonyl (C=O) groups excluding carboxylic acids is 1. The van der Waals surface area contributed by atoms with Crippen molar-refractivity contribution in [1.82, 2.24) is 15.4 Å². The molecule has 0 spiro atoms. The molecule has 2 aromatic rings. The summed E-state index contributed by atoms with van der Waals surface area (Å²) < 4.78 is 10.3. The topological polar surface area (TPSA) is 67.6 Å². The van der Waals surface area contributed by atoms with Crippen LogP contribution in [0.1, 0.15) is 41.1 Å². The number of nitrogens with one attached hydrogen (secondary N) is 1. The Morgan fingerprint density at radius 3 is 2.72 bits per heavy atom. The third kappa shape index (κ3) is 4.02. The van der Waals surface area contributed by atoms with Crippen LogP contribution in [-0.2, 0) is 0 Å². The van der Waals surface area contributed by atoms with Crippen LogP contribution in [-0.4, -0.2) is 48.7 Å². The molecule has 6 heteroatoms. The van der Waals surface area contributed by atoms with Crippen molar-refractivity contribution in [2.24, 2.45) is 0 Å². The summed E-state index contributed by atoms with van der Waals surface area (Å²) in [5, 5.41) is 6.92. The van der Waals surface area contributed by atoms with Gasteiger partial charge < -0.3 is 19.5 Å². The molecule has 1 saturated heterocycles. The van der Waals surface area contributed by atoms with Crippen LogP contribution in [0.4, 0.5) is 0 Å². The summed E-state index contributed by atoms with van der Waals surface area (Å²) >= 11 is 0. The zero-order valence-electron chi connectivity index (χ0n) is 15.0. The molecule has 0 bridgehead atoms. The minimum absolute atomic E-state index is 0.0397. The van der Waals surface area contributed by atoms with Gasteiger partial charge in [-0.1, -0.05) is 24.2 Å². The number of aromatic nitrogens is 1. The Hall–Kier alpha value is -2.34. The van der Waals surface area contributed by atoms with Crippen molar-refractivity contribution in [2.75, 3.05) is 26.7 Å². The second kappa shape index (κ2) is 7.70. The smallest absolute Gasteiger partial charge is 0.290 e. The molecular weight excluding hydrogens is 318 g/mol. The Kier molecular flexibility index (Phi) is 5.38. The molecule has 0 saturated carbocycles. The van der Waals surface area contributed by atoms with Gasteiger partial charge in [0.1, 0.15) is 5.75 Å². The summed E-state index contributed by atoms with van der Waals surface area (Å²) in [6.45, 7) is 6.77. The summed E-state index contributed by atoms with van der Waals surface area (Å²) in [5.41, 5.74) is 1.91. The monoisotopic (exact) mass is 343 g/mol. The molecule has 0 radical (unpaired) electrons. The number of hydrogen-bond donors (Lipinski definition) is 1. The normalized spacial score (nSPS) is 20.6. The fourth-order valence-corrected chi connectivity index (χ4v) is 3.43. The van der Waals surface area contributed by atoms with E-state index in [1.165, 1.54) is 5.56 Å². The van der Waals surface area contributed by atoms with E-state index < -0.39 is 0 Å². The first kappa shape index (κ1) is 17.5. The molecule has 1 N–H and O–H groups in total. The maximum Gasteiger partial charge on any atom is 0.290 e. The van der Waals surface area contributed by atoms with Gasteiger partial charge in [0.25, 0.3) is 5.91 Å². The molecule has 1 aliphatic heterocycles. The Balaban J connectivity index is 1.76. The zero-order chi connectivity index (χ0) is 17.8. The van der Waals surface area contributed by atoms with Gasteiger partial charge in [-0.3, -0.25) is 4.79 Å². The molecule has 0 unspecified atom stereocenters. The van der Waals surface area contributed by atoms with Crippen molar-refractivity contribution in [3.63, 3.8) is 0 Å². The lowest BCUT2D eigenvalue weighted by molar-refractivity contribution is 0.0897. The predicted octanol–water partition coefficient (Wildman–Crippen LogP) is 2.60. The van der Waals surface area contributed by atoms with Crippen LogP contribution in [0.25, 0.3) is 0 Å². The molecule has 6 nitrogen and oxygen atoms in total. The highest BCUT2D eigenvalue weighted by Crippen LogP contribution is 2.29. The first-order valence-corrected chi connectivity index (χ1v) is 8.71. The number of rotatable bonds is 6. The fourth-order valence-electron chi connectivity index (χ4n) is 3.43. The van der Waals surface area contributed by atoms with Crippen molar-refractivity contribution in [1.29, 1.82) is 0 Å².